The van der Waals surface area contributed by atoms with Crippen LogP contribution >= 0.6 is 11.3 Å². The van der Waals surface area contributed by atoms with E-state index in [9.17, 15) is 9.90 Å². The lowest BCUT2D eigenvalue weighted by Gasteiger charge is -2.12. The quantitative estimate of drug-likeness (QED) is 0.718. The van der Waals surface area contributed by atoms with Gasteiger partial charge in [0, 0.05) is 32.2 Å². The number of carboxylic acids is 1. The van der Waals surface area contributed by atoms with E-state index < -0.39 is 5.97 Å². The van der Waals surface area contributed by atoms with Gasteiger partial charge in [-0.3, -0.25) is 0 Å². The standard InChI is InChI=1S/C19H18N2O2S/c1-21(2)15-9-7-13(8-10-15)11-14(12-18(22)23)19-20-16-5-3-4-6-17(16)24-19/h3-11H,12H2,1-2H3,(H,22,23)/p-1/b14-11+. The molecule has 0 radical (unpaired) electrons. The van der Waals surface area contributed by atoms with Crippen molar-refractivity contribution in [3.8, 4) is 0 Å². The zero-order chi connectivity index (χ0) is 17.1. The fourth-order valence-electron chi connectivity index (χ4n) is 2.42. The van der Waals surface area contributed by atoms with Crippen molar-refractivity contribution in [2.24, 2.45) is 0 Å². The molecule has 5 heteroatoms. The average molecular weight is 337 g/mol. The van der Waals surface area contributed by atoms with Crippen LogP contribution in [0.15, 0.2) is 48.5 Å². The van der Waals surface area contributed by atoms with Crippen LogP contribution in [0.4, 0.5) is 5.69 Å². The van der Waals surface area contributed by atoms with E-state index in [0.29, 0.717) is 5.57 Å². The second kappa shape index (κ2) is 6.84. The number of aromatic nitrogens is 1. The summed E-state index contributed by atoms with van der Waals surface area (Å²) < 4.78 is 1.04. The molecule has 1 heterocycles. The molecule has 122 valence electrons. The molecule has 0 fully saturated rings. The average Bonchev–Trinajstić information content (AvgIpc) is 2.98. The Kier molecular flexibility index (Phi) is 4.62. The lowest BCUT2D eigenvalue weighted by molar-refractivity contribution is -0.304. The van der Waals surface area contributed by atoms with E-state index in [1.165, 1.54) is 11.3 Å². The topological polar surface area (TPSA) is 56.3 Å². The van der Waals surface area contributed by atoms with Crippen LogP contribution in [-0.2, 0) is 4.79 Å². The Morgan fingerprint density at radius 3 is 2.50 bits per heavy atom. The monoisotopic (exact) mass is 337 g/mol. The Hall–Kier alpha value is -2.66. The predicted octanol–water partition coefficient (Wildman–Crippen LogP) is 3.04. The van der Waals surface area contributed by atoms with E-state index in [1.54, 1.807) is 0 Å². The van der Waals surface area contributed by atoms with Crippen LogP contribution in [0.1, 0.15) is 17.0 Å². The molecule has 0 bridgehead atoms. The Labute approximate surface area is 144 Å². The van der Waals surface area contributed by atoms with E-state index in [-0.39, 0.29) is 6.42 Å². The minimum atomic E-state index is -1.11. The number of aliphatic carboxylic acids is 1. The number of carboxylic acid groups (broad SMARTS) is 1. The van der Waals surface area contributed by atoms with Gasteiger partial charge in [0.1, 0.15) is 5.01 Å². The highest BCUT2D eigenvalue weighted by atomic mass is 32.1. The van der Waals surface area contributed by atoms with Crippen molar-refractivity contribution in [1.82, 2.24) is 4.98 Å². The number of thiazole rings is 1. The fourth-order valence-corrected chi connectivity index (χ4v) is 3.40. The first-order valence-electron chi connectivity index (χ1n) is 7.56. The Morgan fingerprint density at radius 1 is 1.17 bits per heavy atom. The SMILES string of the molecule is CN(C)c1ccc(/C=C(\CC(=O)[O-])c2nc3ccccc3s2)cc1. The van der Waals surface area contributed by atoms with Gasteiger partial charge in [0.15, 0.2) is 0 Å². The van der Waals surface area contributed by atoms with Crippen LogP contribution in [0, 0.1) is 0 Å². The van der Waals surface area contributed by atoms with Crippen molar-refractivity contribution in [2.75, 3.05) is 19.0 Å². The number of para-hydroxylation sites is 1. The predicted molar refractivity (Wildman–Crippen MR) is 97.9 cm³/mol. The number of carbonyl (C=O) groups is 1. The molecule has 0 aliphatic heterocycles. The van der Waals surface area contributed by atoms with Gasteiger partial charge < -0.3 is 14.8 Å². The van der Waals surface area contributed by atoms with Crippen LogP contribution in [0.2, 0.25) is 0 Å². The maximum absolute atomic E-state index is 11.2. The first kappa shape index (κ1) is 16.2. The molecule has 0 atom stereocenters. The maximum atomic E-state index is 11.2. The van der Waals surface area contributed by atoms with Gasteiger partial charge in [-0.15, -0.1) is 11.3 Å². The van der Waals surface area contributed by atoms with Gasteiger partial charge in [0.2, 0.25) is 0 Å². The Balaban J connectivity index is 2.00. The fraction of sp³-hybridized carbons (Fsp3) is 0.158. The third kappa shape index (κ3) is 3.63. The summed E-state index contributed by atoms with van der Waals surface area (Å²) in [5.41, 5.74) is 3.57. The lowest BCUT2D eigenvalue weighted by atomic mass is 10.1. The molecule has 0 N–H and O–H groups in total. The first-order chi connectivity index (χ1) is 11.5. The highest BCUT2D eigenvalue weighted by molar-refractivity contribution is 7.19. The third-order valence-corrected chi connectivity index (χ3v) is 4.77. The largest absolute Gasteiger partial charge is 0.550 e. The Morgan fingerprint density at radius 2 is 1.88 bits per heavy atom. The van der Waals surface area contributed by atoms with Crippen molar-refractivity contribution >= 4 is 44.9 Å². The summed E-state index contributed by atoms with van der Waals surface area (Å²) in [5, 5.41) is 11.9. The summed E-state index contributed by atoms with van der Waals surface area (Å²) in [6, 6.07) is 15.7. The van der Waals surface area contributed by atoms with E-state index in [1.807, 2.05) is 73.6 Å². The molecule has 0 aliphatic rings. The van der Waals surface area contributed by atoms with Crippen LogP contribution < -0.4 is 10.0 Å². The van der Waals surface area contributed by atoms with Gasteiger partial charge >= 0.3 is 0 Å². The number of carbonyl (C=O) groups excluding carboxylic acids is 1. The molecule has 0 saturated heterocycles. The van der Waals surface area contributed by atoms with Crippen molar-refractivity contribution < 1.29 is 9.90 Å². The van der Waals surface area contributed by atoms with Crippen molar-refractivity contribution in [2.45, 2.75) is 6.42 Å². The molecule has 0 amide bonds. The molecule has 0 unspecified atom stereocenters. The highest BCUT2D eigenvalue weighted by Gasteiger charge is 2.09. The summed E-state index contributed by atoms with van der Waals surface area (Å²) in [4.78, 5) is 17.7. The summed E-state index contributed by atoms with van der Waals surface area (Å²) in [5.74, 6) is -1.11. The number of anilines is 1. The van der Waals surface area contributed by atoms with E-state index >= 15 is 0 Å². The van der Waals surface area contributed by atoms with Gasteiger partial charge in [0.05, 0.1) is 10.2 Å². The normalized spacial score (nSPS) is 11.7. The molecule has 2 aromatic carbocycles. The van der Waals surface area contributed by atoms with Crippen molar-refractivity contribution in [3.05, 3.63) is 59.1 Å². The van der Waals surface area contributed by atoms with E-state index in [0.717, 1.165) is 26.5 Å². The smallest absolute Gasteiger partial charge is 0.120 e. The number of benzene rings is 2. The van der Waals surface area contributed by atoms with Crippen LogP contribution in [0.5, 0.6) is 0 Å². The number of nitrogens with zero attached hydrogens (tertiary/aromatic N) is 2. The molecular formula is C19H17N2O2S-. The summed E-state index contributed by atoms with van der Waals surface area (Å²) in [6.07, 6.45) is 1.71. The minimum Gasteiger partial charge on any atom is -0.550 e. The van der Waals surface area contributed by atoms with Crippen LogP contribution in [-0.4, -0.2) is 25.0 Å². The van der Waals surface area contributed by atoms with Crippen molar-refractivity contribution in [3.63, 3.8) is 0 Å². The maximum Gasteiger partial charge on any atom is 0.120 e. The zero-order valence-corrected chi connectivity index (χ0v) is 14.3. The zero-order valence-electron chi connectivity index (χ0n) is 13.5. The number of fused-ring (bicyclic) bond motifs is 1. The van der Waals surface area contributed by atoms with Gasteiger partial charge in [0.25, 0.3) is 0 Å². The molecule has 0 aliphatic carbocycles. The molecular weight excluding hydrogens is 320 g/mol. The molecule has 3 aromatic rings. The van der Waals surface area contributed by atoms with Crippen molar-refractivity contribution in [1.29, 1.82) is 0 Å². The van der Waals surface area contributed by atoms with E-state index in [4.69, 9.17) is 0 Å². The summed E-state index contributed by atoms with van der Waals surface area (Å²) >= 11 is 1.50. The summed E-state index contributed by atoms with van der Waals surface area (Å²) in [7, 11) is 3.96. The van der Waals surface area contributed by atoms with Crippen LogP contribution in [0.25, 0.3) is 21.9 Å². The minimum absolute atomic E-state index is 0.157. The first-order valence-corrected chi connectivity index (χ1v) is 8.38. The van der Waals surface area contributed by atoms with Gasteiger partial charge in [-0.25, -0.2) is 4.98 Å². The number of hydrogen-bond donors (Lipinski definition) is 0. The van der Waals surface area contributed by atoms with Gasteiger partial charge in [-0.1, -0.05) is 24.3 Å². The Bertz CT molecular complexity index is 862. The molecule has 1 aromatic heterocycles. The molecule has 24 heavy (non-hydrogen) atoms. The molecule has 4 nitrogen and oxygen atoms in total. The lowest BCUT2D eigenvalue weighted by Crippen LogP contribution is -2.22. The van der Waals surface area contributed by atoms with Crippen LogP contribution in [0.3, 0.4) is 0 Å². The molecule has 0 saturated carbocycles. The summed E-state index contributed by atoms with van der Waals surface area (Å²) in [6.45, 7) is 0. The molecule has 3 rings (SSSR count). The highest BCUT2D eigenvalue weighted by Crippen LogP contribution is 2.30. The van der Waals surface area contributed by atoms with E-state index in [2.05, 4.69) is 4.98 Å². The number of rotatable bonds is 5. The molecule has 0 spiro atoms. The second-order valence-electron chi connectivity index (χ2n) is 5.69. The van der Waals surface area contributed by atoms with Gasteiger partial charge in [-0.2, -0.15) is 0 Å². The second-order valence-corrected chi connectivity index (χ2v) is 6.72. The number of hydrogen-bond acceptors (Lipinski definition) is 5. The van der Waals surface area contributed by atoms with Gasteiger partial charge in [-0.05, 0) is 41.5 Å². The third-order valence-electron chi connectivity index (χ3n) is 3.65.